The Bertz CT molecular complexity index is 2730. The number of fused-ring (bicyclic) bond motifs is 6. The van der Waals surface area contributed by atoms with Crippen molar-refractivity contribution in [3.05, 3.63) is 169 Å². The first-order chi connectivity index (χ1) is 24.8. The van der Waals surface area contributed by atoms with E-state index >= 15 is 0 Å². The normalized spacial score (nSPS) is 12.4. The Morgan fingerprint density at radius 3 is 1.80 bits per heavy atom. The van der Waals surface area contributed by atoms with Gasteiger partial charge in [-0.1, -0.05) is 72.8 Å². The summed E-state index contributed by atoms with van der Waals surface area (Å²) in [6, 6.07) is 50.7. The van der Waals surface area contributed by atoms with E-state index in [0.29, 0.717) is 0 Å². The SMILES string of the molecule is C1=Cc2c(n(-c3cccc(-c4cccc(-c5cccc(-c6cccc(-n7c8ccccc8c8ncccc87)c6)n5)n4)c3)c3ccccc23)CN1. The predicted molar refractivity (Wildman–Crippen MR) is 203 cm³/mol. The second kappa shape index (κ2) is 11.4. The van der Waals surface area contributed by atoms with Gasteiger partial charge in [-0.3, -0.25) is 4.98 Å². The van der Waals surface area contributed by atoms with Gasteiger partial charge in [0.1, 0.15) is 0 Å². The molecule has 236 valence electrons. The highest BCUT2D eigenvalue weighted by Gasteiger charge is 2.19. The summed E-state index contributed by atoms with van der Waals surface area (Å²) in [7, 11) is 0. The molecular formula is C44H30N6. The van der Waals surface area contributed by atoms with Crippen molar-refractivity contribution in [1.82, 2.24) is 29.4 Å². The van der Waals surface area contributed by atoms with Crippen LogP contribution >= 0.6 is 0 Å². The fourth-order valence-corrected chi connectivity index (χ4v) is 7.42. The maximum atomic E-state index is 5.14. The van der Waals surface area contributed by atoms with Gasteiger partial charge in [-0.2, -0.15) is 0 Å². The van der Waals surface area contributed by atoms with E-state index in [0.717, 1.165) is 73.8 Å². The molecular weight excluding hydrogens is 613 g/mol. The molecule has 1 aliphatic heterocycles. The summed E-state index contributed by atoms with van der Waals surface area (Å²) in [5.74, 6) is 0. The van der Waals surface area contributed by atoms with Gasteiger partial charge in [0, 0.05) is 45.0 Å². The van der Waals surface area contributed by atoms with Crippen LogP contribution in [0.15, 0.2) is 158 Å². The number of benzene rings is 4. The van der Waals surface area contributed by atoms with Crippen LogP contribution in [0, 0.1) is 0 Å². The van der Waals surface area contributed by atoms with Crippen molar-refractivity contribution < 1.29 is 0 Å². The van der Waals surface area contributed by atoms with E-state index in [1.165, 1.54) is 22.2 Å². The molecule has 0 radical (unpaired) electrons. The first-order valence-electron chi connectivity index (χ1n) is 16.8. The smallest absolute Gasteiger partial charge is 0.0963 e. The van der Waals surface area contributed by atoms with Gasteiger partial charge < -0.3 is 14.5 Å². The zero-order valence-corrected chi connectivity index (χ0v) is 27.0. The van der Waals surface area contributed by atoms with Crippen molar-refractivity contribution in [2.75, 3.05) is 0 Å². The van der Waals surface area contributed by atoms with E-state index in [9.17, 15) is 0 Å². The molecule has 50 heavy (non-hydrogen) atoms. The van der Waals surface area contributed by atoms with Crippen LogP contribution in [0.3, 0.4) is 0 Å². The summed E-state index contributed by atoms with van der Waals surface area (Å²) < 4.78 is 4.65. The van der Waals surface area contributed by atoms with E-state index in [2.05, 4.69) is 148 Å². The summed E-state index contributed by atoms with van der Waals surface area (Å²) in [6.07, 6.45) is 6.07. The van der Waals surface area contributed by atoms with E-state index in [1.54, 1.807) is 0 Å². The highest BCUT2D eigenvalue weighted by molar-refractivity contribution is 6.07. The van der Waals surface area contributed by atoms with E-state index < -0.39 is 0 Å². The average Bonchev–Trinajstić information content (AvgIpc) is 3.71. The van der Waals surface area contributed by atoms with E-state index in [1.807, 2.05) is 30.6 Å². The summed E-state index contributed by atoms with van der Waals surface area (Å²) in [5, 5.41) is 5.80. The minimum Gasteiger partial charge on any atom is -0.385 e. The molecule has 0 atom stereocenters. The molecule has 0 bridgehead atoms. The Labute approximate surface area is 288 Å². The second-order valence-electron chi connectivity index (χ2n) is 12.6. The molecule has 4 aromatic carbocycles. The lowest BCUT2D eigenvalue weighted by Gasteiger charge is -2.15. The summed E-state index contributed by atoms with van der Waals surface area (Å²) in [4.78, 5) is 15.0. The topological polar surface area (TPSA) is 60.6 Å². The number of hydrogen-bond donors (Lipinski definition) is 1. The van der Waals surface area contributed by atoms with Crippen molar-refractivity contribution in [1.29, 1.82) is 0 Å². The summed E-state index contributed by atoms with van der Waals surface area (Å²) >= 11 is 0. The third-order valence-corrected chi connectivity index (χ3v) is 9.64. The first-order valence-corrected chi connectivity index (χ1v) is 16.8. The number of nitrogens with zero attached hydrogens (tertiary/aromatic N) is 5. The van der Waals surface area contributed by atoms with Crippen LogP contribution in [0.2, 0.25) is 0 Å². The molecule has 0 unspecified atom stereocenters. The summed E-state index contributed by atoms with van der Waals surface area (Å²) in [5.41, 5.74) is 14.7. The van der Waals surface area contributed by atoms with Gasteiger partial charge in [0.15, 0.2) is 0 Å². The van der Waals surface area contributed by atoms with E-state index in [-0.39, 0.29) is 0 Å². The molecule has 6 heterocycles. The van der Waals surface area contributed by atoms with Crippen molar-refractivity contribution in [3.8, 4) is 45.3 Å². The van der Waals surface area contributed by atoms with Gasteiger partial charge in [0.25, 0.3) is 0 Å². The van der Waals surface area contributed by atoms with Gasteiger partial charge in [0.05, 0.1) is 57.1 Å². The molecule has 0 amide bonds. The largest absolute Gasteiger partial charge is 0.385 e. The first kappa shape index (κ1) is 28.2. The fourth-order valence-electron chi connectivity index (χ4n) is 7.42. The third kappa shape index (κ3) is 4.54. The number of hydrogen-bond acceptors (Lipinski definition) is 4. The molecule has 0 saturated carbocycles. The van der Waals surface area contributed by atoms with Crippen LogP contribution in [0.5, 0.6) is 0 Å². The Balaban J connectivity index is 1.02. The zero-order chi connectivity index (χ0) is 33.0. The predicted octanol–water partition coefficient (Wildman–Crippen LogP) is 9.99. The molecule has 1 N–H and O–H groups in total. The van der Waals surface area contributed by atoms with Crippen LogP contribution in [-0.2, 0) is 6.54 Å². The minimum absolute atomic E-state index is 0.777. The Morgan fingerprint density at radius 2 is 1.08 bits per heavy atom. The molecule has 0 aliphatic carbocycles. The lowest BCUT2D eigenvalue weighted by molar-refractivity contribution is 0.803. The summed E-state index contributed by atoms with van der Waals surface area (Å²) in [6.45, 7) is 0.777. The van der Waals surface area contributed by atoms with Crippen LogP contribution in [0.25, 0.3) is 84.2 Å². The molecule has 6 heteroatoms. The quantitative estimate of drug-likeness (QED) is 0.203. The molecule has 0 fully saturated rings. The molecule has 10 rings (SSSR count). The number of nitrogens with one attached hydrogen (secondary N) is 1. The van der Waals surface area contributed by atoms with Crippen molar-refractivity contribution >= 4 is 38.9 Å². The Morgan fingerprint density at radius 1 is 0.500 bits per heavy atom. The van der Waals surface area contributed by atoms with Crippen molar-refractivity contribution in [3.63, 3.8) is 0 Å². The minimum atomic E-state index is 0.777. The lowest BCUT2D eigenvalue weighted by atomic mass is 10.1. The number of pyridine rings is 3. The molecule has 9 aromatic rings. The Kier molecular flexibility index (Phi) is 6.45. The van der Waals surface area contributed by atoms with Gasteiger partial charge in [-0.25, -0.2) is 9.97 Å². The molecule has 5 aromatic heterocycles. The van der Waals surface area contributed by atoms with Gasteiger partial charge in [0.2, 0.25) is 0 Å². The third-order valence-electron chi connectivity index (χ3n) is 9.64. The van der Waals surface area contributed by atoms with Gasteiger partial charge >= 0.3 is 0 Å². The highest BCUT2D eigenvalue weighted by Crippen LogP contribution is 2.35. The zero-order valence-electron chi connectivity index (χ0n) is 27.0. The number of para-hydroxylation sites is 2. The fraction of sp³-hybridized carbons (Fsp3) is 0.0227. The number of aromatic nitrogens is 5. The van der Waals surface area contributed by atoms with Crippen LogP contribution in [-0.4, -0.2) is 24.1 Å². The Hall–Kier alpha value is -6.79. The molecule has 1 aliphatic rings. The molecule has 0 spiro atoms. The standard InChI is InChI=1S/C44H30N6/c1-3-20-40-33(14-1)34-23-25-45-28-43(34)50(40)32-13-6-11-30(27-32)37-17-8-19-39(48-37)38-18-7-16-36(47-38)29-10-5-12-31(26-29)49-41-21-4-2-15-35(41)44-42(49)22-9-24-46-44/h1-27,45H,28H2. The monoisotopic (exact) mass is 642 g/mol. The van der Waals surface area contributed by atoms with E-state index in [4.69, 9.17) is 15.0 Å². The number of rotatable bonds is 5. The maximum Gasteiger partial charge on any atom is 0.0963 e. The highest BCUT2D eigenvalue weighted by atomic mass is 15.0. The van der Waals surface area contributed by atoms with Crippen molar-refractivity contribution in [2.24, 2.45) is 0 Å². The van der Waals surface area contributed by atoms with Crippen LogP contribution in [0.4, 0.5) is 0 Å². The molecule has 6 nitrogen and oxygen atoms in total. The van der Waals surface area contributed by atoms with Gasteiger partial charge in [-0.05, 0) is 85.1 Å². The maximum absolute atomic E-state index is 5.14. The molecule has 0 saturated heterocycles. The lowest BCUT2D eigenvalue weighted by Crippen LogP contribution is -2.13. The van der Waals surface area contributed by atoms with Crippen LogP contribution in [0.1, 0.15) is 11.3 Å². The average molecular weight is 643 g/mol. The second-order valence-corrected chi connectivity index (χ2v) is 12.6. The van der Waals surface area contributed by atoms with Crippen molar-refractivity contribution in [2.45, 2.75) is 6.54 Å². The van der Waals surface area contributed by atoms with Crippen LogP contribution < -0.4 is 5.32 Å². The van der Waals surface area contributed by atoms with Gasteiger partial charge in [-0.15, -0.1) is 0 Å².